The van der Waals surface area contributed by atoms with Gasteiger partial charge in [0, 0.05) is 30.5 Å². The highest BCUT2D eigenvalue weighted by molar-refractivity contribution is 7.98. The Morgan fingerprint density at radius 2 is 1.89 bits per heavy atom. The first-order valence-electron chi connectivity index (χ1n) is 8.65. The van der Waals surface area contributed by atoms with Crippen molar-refractivity contribution >= 4 is 11.8 Å². The van der Waals surface area contributed by atoms with Crippen LogP contribution in [0.3, 0.4) is 0 Å². The van der Waals surface area contributed by atoms with Crippen molar-refractivity contribution < 1.29 is 13.5 Å². The lowest BCUT2D eigenvalue weighted by Gasteiger charge is -2.12. The predicted octanol–water partition coefficient (Wildman–Crippen LogP) is 4.26. The number of aryl methyl sites for hydroxylation is 1. The van der Waals surface area contributed by atoms with Gasteiger partial charge in [-0.25, -0.2) is 13.8 Å². The first kappa shape index (κ1) is 20.1. The zero-order chi connectivity index (χ0) is 20.3. The van der Waals surface area contributed by atoms with Crippen molar-refractivity contribution in [3.05, 3.63) is 86.8 Å². The Labute approximate surface area is 166 Å². The maximum absolute atomic E-state index is 13.4. The zero-order valence-electron chi connectivity index (χ0n) is 15.8. The molecule has 3 aromatic rings. The average molecular weight is 402 g/mol. The molecule has 0 atom stereocenters. The molecular weight excluding hydrogens is 382 g/mol. The van der Waals surface area contributed by atoms with Crippen LogP contribution in [0.25, 0.3) is 0 Å². The molecule has 0 radical (unpaired) electrons. The minimum absolute atomic E-state index is 0.122. The standard InChI is InChI=1S/C21H20F2N2O2S/c1-13-17(10-14-5-4-6-16(9-14)27-3)20(26)25(2)21(24-13)28-12-15-7-8-18(22)19(23)11-15/h4-9,11H,10,12H2,1-3H3. The molecule has 0 unspecified atom stereocenters. The van der Waals surface area contributed by atoms with E-state index in [0.29, 0.717) is 34.2 Å². The summed E-state index contributed by atoms with van der Waals surface area (Å²) in [5, 5.41) is 0.529. The van der Waals surface area contributed by atoms with Gasteiger partial charge in [0.2, 0.25) is 0 Å². The number of hydrogen-bond acceptors (Lipinski definition) is 4. The molecule has 0 spiro atoms. The van der Waals surface area contributed by atoms with E-state index in [0.717, 1.165) is 23.4 Å². The molecule has 28 heavy (non-hydrogen) atoms. The maximum atomic E-state index is 13.4. The van der Waals surface area contributed by atoms with Crippen molar-refractivity contribution in [2.45, 2.75) is 24.3 Å². The second kappa shape index (κ2) is 8.56. The summed E-state index contributed by atoms with van der Waals surface area (Å²) in [6, 6.07) is 11.3. The number of rotatable bonds is 6. The van der Waals surface area contributed by atoms with Crippen LogP contribution in [0.1, 0.15) is 22.4 Å². The Kier molecular flexibility index (Phi) is 6.14. The van der Waals surface area contributed by atoms with Crippen LogP contribution >= 0.6 is 11.8 Å². The summed E-state index contributed by atoms with van der Waals surface area (Å²) in [4.78, 5) is 17.4. The van der Waals surface area contributed by atoms with Gasteiger partial charge in [-0.1, -0.05) is 30.0 Å². The number of ether oxygens (including phenoxy) is 1. The summed E-state index contributed by atoms with van der Waals surface area (Å²) in [6.07, 6.45) is 0.455. The van der Waals surface area contributed by atoms with Gasteiger partial charge >= 0.3 is 0 Å². The number of thioether (sulfide) groups is 1. The van der Waals surface area contributed by atoms with Crippen molar-refractivity contribution in [1.82, 2.24) is 9.55 Å². The van der Waals surface area contributed by atoms with Gasteiger partial charge in [0.05, 0.1) is 7.11 Å². The molecule has 0 fully saturated rings. The van der Waals surface area contributed by atoms with Gasteiger partial charge < -0.3 is 4.74 Å². The van der Waals surface area contributed by atoms with Crippen LogP contribution in [0.4, 0.5) is 8.78 Å². The fraction of sp³-hybridized carbons (Fsp3) is 0.238. The zero-order valence-corrected chi connectivity index (χ0v) is 16.6. The number of aromatic nitrogens is 2. The van der Waals surface area contributed by atoms with Crippen molar-refractivity contribution in [2.75, 3.05) is 7.11 Å². The van der Waals surface area contributed by atoms with Gasteiger partial charge in [0.25, 0.3) is 5.56 Å². The molecule has 0 aliphatic carbocycles. The van der Waals surface area contributed by atoms with Gasteiger partial charge in [0.1, 0.15) is 5.75 Å². The van der Waals surface area contributed by atoms with E-state index >= 15 is 0 Å². The summed E-state index contributed by atoms with van der Waals surface area (Å²) in [5.74, 6) is -0.646. The third-order valence-corrected chi connectivity index (χ3v) is 5.52. The first-order valence-corrected chi connectivity index (χ1v) is 9.63. The minimum Gasteiger partial charge on any atom is -0.497 e. The number of benzene rings is 2. The van der Waals surface area contributed by atoms with Crippen LogP contribution in [0.15, 0.2) is 52.4 Å². The summed E-state index contributed by atoms with van der Waals surface area (Å²) >= 11 is 1.31. The van der Waals surface area contributed by atoms with Crippen LogP contribution in [-0.2, 0) is 19.2 Å². The molecule has 4 nitrogen and oxygen atoms in total. The van der Waals surface area contributed by atoms with E-state index in [1.165, 1.54) is 22.4 Å². The van der Waals surface area contributed by atoms with Crippen LogP contribution in [0.2, 0.25) is 0 Å². The van der Waals surface area contributed by atoms with Crippen molar-refractivity contribution in [3.8, 4) is 5.75 Å². The second-order valence-corrected chi connectivity index (χ2v) is 7.33. The van der Waals surface area contributed by atoms with Crippen LogP contribution < -0.4 is 10.3 Å². The van der Waals surface area contributed by atoms with Gasteiger partial charge in [-0.2, -0.15) is 0 Å². The molecule has 7 heteroatoms. The molecule has 1 heterocycles. The van der Waals surface area contributed by atoms with E-state index in [1.54, 1.807) is 21.1 Å². The molecule has 0 N–H and O–H groups in total. The van der Waals surface area contributed by atoms with E-state index in [2.05, 4.69) is 4.98 Å². The molecule has 0 bridgehead atoms. The molecular formula is C21H20F2N2O2S. The minimum atomic E-state index is -0.884. The normalized spacial score (nSPS) is 10.9. The molecule has 2 aromatic carbocycles. The number of nitrogens with zero attached hydrogens (tertiary/aromatic N) is 2. The Morgan fingerprint density at radius 1 is 1.11 bits per heavy atom. The molecule has 0 aliphatic heterocycles. The Balaban J connectivity index is 1.83. The number of methoxy groups -OCH3 is 1. The quantitative estimate of drug-likeness (QED) is 0.457. The Hall–Kier alpha value is -2.67. The van der Waals surface area contributed by atoms with Gasteiger partial charge in [0.15, 0.2) is 16.8 Å². The summed E-state index contributed by atoms with van der Waals surface area (Å²) in [5.41, 5.74) is 2.73. The summed E-state index contributed by atoms with van der Waals surface area (Å²) in [7, 11) is 3.27. The fourth-order valence-electron chi connectivity index (χ4n) is 2.83. The Morgan fingerprint density at radius 3 is 2.61 bits per heavy atom. The van der Waals surface area contributed by atoms with Crippen molar-refractivity contribution in [3.63, 3.8) is 0 Å². The molecule has 0 aliphatic rings. The first-order chi connectivity index (χ1) is 13.4. The van der Waals surface area contributed by atoms with E-state index in [4.69, 9.17) is 4.74 Å². The van der Waals surface area contributed by atoms with Gasteiger partial charge in [-0.15, -0.1) is 0 Å². The van der Waals surface area contributed by atoms with Crippen LogP contribution in [-0.4, -0.2) is 16.7 Å². The lowest BCUT2D eigenvalue weighted by atomic mass is 10.0. The van der Waals surface area contributed by atoms with E-state index < -0.39 is 11.6 Å². The third-order valence-electron chi connectivity index (χ3n) is 4.42. The molecule has 0 saturated heterocycles. The molecule has 146 valence electrons. The second-order valence-electron chi connectivity index (χ2n) is 6.39. The van der Waals surface area contributed by atoms with Crippen LogP contribution in [0, 0.1) is 18.6 Å². The van der Waals surface area contributed by atoms with Gasteiger partial charge in [-0.05, 0) is 42.3 Å². The predicted molar refractivity (Wildman–Crippen MR) is 106 cm³/mol. The van der Waals surface area contributed by atoms with E-state index in [1.807, 2.05) is 24.3 Å². The molecule has 3 rings (SSSR count). The SMILES string of the molecule is COc1cccc(Cc2c(C)nc(SCc3ccc(F)c(F)c3)n(C)c2=O)c1. The van der Waals surface area contributed by atoms with Gasteiger partial charge in [-0.3, -0.25) is 9.36 Å². The summed E-state index contributed by atoms with van der Waals surface area (Å²) in [6.45, 7) is 1.80. The van der Waals surface area contributed by atoms with Crippen molar-refractivity contribution in [2.24, 2.45) is 7.05 Å². The van der Waals surface area contributed by atoms with Crippen molar-refractivity contribution in [1.29, 1.82) is 0 Å². The average Bonchev–Trinajstić information content (AvgIpc) is 2.69. The summed E-state index contributed by atoms with van der Waals surface area (Å²) < 4.78 is 33.1. The largest absolute Gasteiger partial charge is 0.497 e. The number of hydrogen-bond donors (Lipinski definition) is 0. The lowest BCUT2D eigenvalue weighted by molar-refractivity contribution is 0.414. The third kappa shape index (κ3) is 4.42. The van der Waals surface area contributed by atoms with Crippen LogP contribution in [0.5, 0.6) is 5.75 Å². The van der Waals surface area contributed by atoms with E-state index in [9.17, 15) is 13.6 Å². The molecule has 0 amide bonds. The highest BCUT2D eigenvalue weighted by Gasteiger charge is 2.14. The maximum Gasteiger partial charge on any atom is 0.257 e. The highest BCUT2D eigenvalue weighted by Crippen LogP contribution is 2.23. The smallest absolute Gasteiger partial charge is 0.257 e. The number of halogens is 2. The Bertz CT molecular complexity index is 1070. The highest BCUT2D eigenvalue weighted by atomic mass is 32.2. The lowest BCUT2D eigenvalue weighted by Crippen LogP contribution is -2.25. The fourth-order valence-corrected chi connectivity index (χ4v) is 3.78. The topological polar surface area (TPSA) is 44.1 Å². The monoisotopic (exact) mass is 402 g/mol. The molecule has 1 aromatic heterocycles. The molecule has 0 saturated carbocycles. The van der Waals surface area contributed by atoms with E-state index in [-0.39, 0.29) is 5.56 Å².